The summed E-state index contributed by atoms with van der Waals surface area (Å²) in [5.74, 6) is 0. The fourth-order valence-electron chi connectivity index (χ4n) is 2.34. The number of hydroxylamine groups is 4. The number of rotatable bonds is 13. The summed E-state index contributed by atoms with van der Waals surface area (Å²) in [5.41, 5.74) is -0.0501. The zero-order chi connectivity index (χ0) is 17.2. The van der Waals surface area contributed by atoms with Gasteiger partial charge in [0, 0.05) is 26.1 Å². The van der Waals surface area contributed by atoms with Crippen molar-refractivity contribution in [3.8, 4) is 0 Å². The Hall–Kier alpha value is -0.240. The number of aliphatic hydroxyl groups excluding tert-OH is 2. The number of aliphatic hydroxyl groups is 2. The lowest BCUT2D eigenvalue weighted by molar-refractivity contribution is -0.909. The number of hydrogen-bond acceptors (Lipinski definition) is 4. The van der Waals surface area contributed by atoms with E-state index < -0.39 is 0 Å². The molecule has 4 N–H and O–H groups in total. The second-order valence-electron chi connectivity index (χ2n) is 7.85. The van der Waals surface area contributed by atoms with Gasteiger partial charge < -0.3 is 30.8 Å². The highest BCUT2D eigenvalue weighted by molar-refractivity contribution is 4.68. The summed E-state index contributed by atoms with van der Waals surface area (Å²) in [4.78, 5) is 0. The second-order valence-corrected chi connectivity index (χ2v) is 7.85. The Balaban J connectivity index is 3.88. The maximum Gasteiger partial charge on any atom is 0.127 e. The van der Waals surface area contributed by atoms with Crippen LogP contribution in [0.25, 0.3) is 0 Å². The number of quaternary nitrogens is 2. The van der Waals surface area contributed by atoms with Crippen LogP contribution in [0, 0.1) is 21.2 Å². The molecule has 134 valence electrons. The third-order valence-electron chi connectivity index (χ3n) is 4.42. The van der Waals surface area contributed by atoms with Crippen LogP contribution in [0.2, 0.25) is 0 Å². The first-order chi connectivity index (χ1) is 10.1. The Bertz CT molecular complexity index is 257. The molecule has 0 heterocycles. The summed E-state index contributed by atoms with van der Waals surface area (Å²) in [6.07, 6.45) is 2.90. The SMILES string of the molecule is CC(C)(CCO)CC[NH+]([O-])CC[NH+]([O-])CCC(C)(C)CCO. The lowest BCUT2D eigenvalue weighted by Gasteiger charge is -2.32. The minimum Gasteiger partial charge on any atom is -0.634 e. The molecule has 0 rings (SSSR count). The monoisotopic (exact) mass is 320 g/mol. The predicted octanol–water partition coefficient (Wildman–Crippen LogP) is -0.651. The molecule has 0 radical (unpaired) electrons. The lowest BCUT2D eigenvalue weighted by atomic mass is 9.86. The molecule has 0 bridgehead atoms. The summed E-state index contributed by atoms with van der Waals surface area (Å²) in [6, 6.07) is 0. The van der Waals surface area contributed by atoms with Gasteiger partial charge in [-0.2, -0.15) is 0 Å². The van der Waals surface area contributed by atoms with Gasteiger partial charge in [0.2, 0.25) is 0 Å². The highest BCUT2D eigenvalue weighted by Crippen LogP contribution is 2.23. The molecule has 0 amide bonds. The summed E-state index contributed by atoms with van der Waals surface area (Å²) in [6.45, 7) is 10.1. The van der Waals surface area contributed by atoms with E-state index in [0.29, 0.717) is 39.0 Å². The summed E-state index contributed by atoms with van der Waals surface area (Å²) in [5, 5.41) is 41.9. The molecule has 0 aromatic rings. The Morgan fingerprint density at radius 2 is 0.955 bits per heavy atom. The topological polar surface area (TPSA) is 95.5 Å². The van der Waals surface area contributed by atoms with Gasteiger partial charge in [-0.15, -0.1) is 0 Å². The quantitative estimate of drug-likeness (QED) is 0.339. The van der Waals surface area contributed by atoms with Gasteiger partial charge in [-0.1, -0.05) is 27.7 Å². The predicted molar refractivity (Wildman–Crippen MR) is 88.3 cm³/mol. The Kier molecular flexibility index (Phi) is 10.4. The van der Waals surface area contributed by atoms with Crippen molar-refractivity contribution >= 4 is 0 Å². The molecule has 0 aliphatic rings. The van der Waals surface area contributed by atoms with Gasteiger partial charge in [0.25, 0.3) is 0 Å². The minimum atomic E-state index is -0.0251. The zero-order valence-corrected chi connectivity index (χ0v) is 14.8. The highest BCUT2D eigenvalue weighted by atomic mass is 16.5. The molecular formula is C16H36N2O4. The highest BCUT2D eigenvalue weighted by Gasteiger charge is 2.20. The summed E-state index contributed by atoms with van der Waals surface area (Å²) in [7, 11) is 0. The van der Waals surface area contributed by atoms with E-state index in [1.54, 1.807) is 0 Å². The van der Waals surface area contributed by atoms with Crippen molar-refractivity contribution in [2.75, 3.05) is 39.4 Å². The van der Waals surface area contributed by atoms with E-state index in [9.17, 15) is 10.4 Å². The normalized spacial score (nSPS) is 15.8. The van der Waals surface area contributed by atoms with E-state index in [1.165, 1.54) is 0 Å². The van der Waals surface area contributed by atoms with Gasteiger partial charge >= 0.3 is 0 Å². The Morgan fingerprint density at radius 3 is 1.23 bits per heavy atom. The van der Waals surface area contributed by atoms with Gasteiger partial charge in [0.05, 0.1) is 13.1 Å². The molecule has 0 aromatic heterocycles. The van der Waals surface area contributed by atoms with Gasteiger partial charge in [-0.25, -0.2) is 0 Å². The lowest BCUT2D eigenvalue weighted by Crippen LogP contribution is -3.16. The average Bonchev–Trinajstić information content (AvgIpc) is 2.41. The molecular weight excluding hydrogens is 284 g/mol. The van der Waals surface area contributed by atoms with Crippen LogP contribution in [0.4, 0.5) is 0 Å². The smallest absolute Gasteiger partial charge is 0.127 e. The number of nitrogens with one attached hydrogen (secondary N) is 2. The van der Waals surface area contributed by atoms with Crippen LogP contribution in [-0.4, -0.2) is 49.6 Å². The molecule has 0 aliphatic carbocycles. The van der Waals surface area contributed by atoms with Crippen molar-refractivity contribution in [2.24, 2.45) is 10.8 Å². The van der Waals surface area contributed by atoms with Crippen LogP contribution in [0.5, 0.6) is 0 Å². The standard InChI is InChI=1S/C16H36N2O4/c1-15(2,7-13-19)5-9-17(21)11-12-18(22)10-6-16(3,4)8-14-20/h17-20H,5-14H2,1-4H3. The summed E-state index contributed by atoms with van der Waals surface area (Å²) >= 11 is 0. The molecule has 2 atom stereocenters. The molecule has 0 aromatic carbocycles. The zero-order valence-electron chi connectivity index (χ0n) is 14.8. The Labute approximate surface area is 135 Å². The van der Waals surface area contributed by atoms with E-state index in [0.717, 1.165) is 12.8 Å². The molecule has 6 heteroatoms. The van der Waals surface area contributed by atoms with Crippen molar-refractivity contribution in [3.05, 3.63) is 10.4 Å². The van der Waals surface area contributed by atoms with E-state index in [4.69, 9.17) is 10.2 Å². The van der Waals surface area contributed by atoms with Gasteiger partial charge in [-0.3, -0.25) is 0 Å². The Morgan fingerprint density at radius 1 is 0.636 bits per heavy atom. The van der Waals surface area contributed by atoms with Gasteiger partial charge in [-0.05, 0) is 23.7 Å². The van der Waals surface area contributed by atoms with E-state index in [2.05, 4.69) is 0 Å². The van der Waals surface area contributed by atoms with Crippen molar-refractivity contribution in [1.29, 1.82) is 0 Å². The molecule has 6 nitrogen and oxygen atoms in total. The van der Waals surface area contributed by atoms with E-state index in [-0.39, 0.29) is 34.2 Å². The van der Waals surface area contributed by atoms with Crippen LogP contribution in [0.3, 0.4) is 0 Å². The number of hydrogen-bond donors (Lipinski definition) is 4. The van der Waals surface area contributed by atoms with Crippen LogP contribution in [0.1, 0.15) is 53.4 Å². The van der Waals surface area contributed by atoms with Crippen LogP contribution >= 0.6 is 0 Å². The molecule has 22 heavy (non-hydrogen) atoms. The minimum absolute atomic E-state index is 0.0251. The maximum atomic E-state index is 11.9. The molecule has 0 aliphatic heterocycles. The fraction of sp³-hybridized carbons (Fsp3) is 1.00. The molecule has 0 saturated heterocycles. The van der Waals surface area contributed by atoms with Crippen molar-refractivity contribution in [3.63, 3.8) is 0 Å². The van der Waals surface area contributed by atoms with E-state index >= 15 is 0 Å². The molecule has 0 saturated carbocycles. The first kappa shape index (κ1) is 21.8. The third-order valence-corrected chi connectivity index (χ3v) is 4.42. The third kappa shape index (κ3) is 11.3. The van der Waals surface area contributed by atoms with Gasteiger partial charge in [0.1, 0.15) is 13.1 Å². The van der Waals surface area contributed by atoms with Crippen molar-refractivity contribution in [1.82, 2.24) is 0 Å². The average molecular weight is 320 g/mol. The molecule has 0 spiro atoms. The first-order valence-electron chi connectivity index (χ1n) is 8.37. The molecule has 2 unspecified atom stereocenters. The second kappa shape index (κ2) is 10.5. The maximum absolute atomic E-state index is 11.9. The largest absolute Gasteiger partial charge is 0.634 e. The first-order valence-corrected chi connectivity index (χ1v) is 8.37. The van der Waals surface area contributed by atoms with E-state index in [1.807, 2.05) is 27.7 Å². The van der Waals surface area contributed by atoms with Crippen molar-refractivity contribution < 1.29 is 20.3 Å². The van der Waals surface area contributed by atoms with Crippen LogP contribution in [-0.2, 0) is 0 Å². The van der Waals surface area contributed by atoms with Crippen molar-refractivity contribution in [2.45, 2.75) is 53.4 Å². The fourth-order valence-corrected chi connectivity index (χ4v) is 2.34. The van der Waals surface area contributed by atoms with Crippen LogP contribution in [0.15, 0.2) is 0 Å². The van der Waals surface area contributed by atoms with Crippen LogP contribution < -0.4 is 10.1 Å². The van der Waals surface area contributed by atoms with Gasteiger partial charge in [0.15, 0.2) is 0 Å². The molecule has 0 fully saturated rings. The summed E-state index contributed by atoms with van der Waals surface area (Å²) < 4.78 is 0.